The Bertz CT molecular complexity index is 543. The van der Waals surface area contributed by atoms with Crippen molar-refractivity contribution in [1.29, 1.82) is 0 Å². The number of methoxy groups -OCH3 is 1. The molecule has 0 radical (unpaired) electrons. The topological polar surface area (TPSA) is 42.0 Å². The van der Waals surface area contributed by atoms with Crippen LogP contribution in [0.2, 0.25) is 0 Å². The van der Waals surface area contributed by atoms with E-state index in [4.69, 9.17) is 9.47 Å². The van der Waals surface area contributed by atoms with E-state index in [1.54, 1.807) is 7.11 Å². The van der Waals surface area contributed by atoms with Gasteiger partial charge < -0.3 is 19.3 Å². The summed E-state index contributed by atoms with van der Waals surface area (Å²) in [6.45, 7) is 6.55. The highest BCUT2D eigenvalue weighted by Crippen LogP contribution is 2.18. The van der Waals surface area contributed by atoms with Gasteiger partial charge in [-0.25, -0.2) is 0 Å². The van der Waals surface area contributed by atoms with Crippen LogP contribution in [0.5, 0.6) is 5.75 Å². The Morgan fingerprint density at radius 3 is 2.96 bits per heavy atom. The van der Waals surface area contributed by atoms with Gasteiger partial charge in [-0.2, -0.15) is 0 Å². The molecular formula is C19H28N2O3. The summed E-state index contributed by atoms with van der Waals surface area (Å²) < 4.78 is 10.8. The third-order valence-electron chi connectivity index (χ3n) is 4.96. The van der Waals surface area contributed by atoms with Gasteiger partial charge >= 0.3 is 0 Å². The van der Waals surface area contributed by atoms with Crippen LogP contribution in [0.3, 0.4) is 0 Å². The maximum Gasteiger partial charge on any atom is 0.254 e. The van der Waals surface area contributed by atoms with Crippen LogP contribution in [-0.4, -0.2) is 68.8 Å². The Balaban J connectivity index is 1.55. The van der Waals surface area contributed by atoms with Crippen LogP contribution in [0.15, 0.2) is 24.3 Å². The lowest BCUT2D eigenvalue weighted by molar-refractivity contribution is 0.0389. The first kappa shape index (κ1) is 17.2. The summed E-state index contributed by atoms with van der Waals surface area (Å²) in [5, 5.41) is 0. The van der Waals surface area contributed by atoms with Gasteiger partial charge in [-0.3, -0.25) is 4.79 Å². The van der Waals surface area contributed by atoms with Gasteiger partial charge in [0.15, 0.2) is 0 Å². The lowest BCUT2D eigenvalue weighted by Gasteiger charge is -2.28. The molecule has 1 unspecified atom stereocenters. The molecule has 0 aromatic heterocycles. The molecular weight excluding hydrogens is 304 g/mol. The molecule has 2 saturated heterocycles. The quantitative estimate of drug-likeness (QED) is 0.848. The average Bonchev–Trinajstić information content (AvgIpc) is 2.87. The maximum absolute atomic E-state index is 12.7. The molecule has 5 nitrogen and oxygen atoms in total. The molecule has 2 aliphatic rings. The van der Waals surface area contributed by atoms with Gasteiger partial charge in [0.1, 0.15) is 5.75 Å². The molecule has 0 bridgehead atoms. The minimum absolute atomic E-state index is 0.108. The van der Waals surface area contributed by atoms with Crippen LogP contribution in [0.4, 0.5) is 0 Å². The Labute approximate surface area is 144 Å². The Kier molecular flexibility index (Phi) is 6.10. The normalized spacial score (nSPS) is 22.9. The first-order valence-corrected chi connectivity index (χ1v) is 8.99. The average molecular weight is 332 g/mol. The van der Waals surface area contributed by atoms with E-state index in [2.05, 4.69) is 4.90 Å². The summed E-state index contributed by atoms with van der Waals surface area (Å²) in [4.78, 5) is 17.2. The molecule has 5 heteroatoms. The molecule has 3 rings (SSSR count). The minimum atomic E-state index is 0.108. The van der Waals surface area contributed by atoms with Gasteiger partial charge in [-0.05, 0) is 49.9 Å². The molecule has 0 N–H and O–H groups in total. The highest BCUT2D eigenvalue weighted by molar-refractivity contribution is 5.94. The van der Waals surface area contributed by atoms with E-state index in [0.717, 1.165) is 58.1 Å². The largest absolute Gasteiger partial charge is 0.497 e. The number of carbonyl (C=O) groups excluding carboxylic acids is 1. The van der Waals surface area contributed by atoms with Gasteiger partial charge in [0.25, 0.3) is 5.91 Å². The SMILES string of the molecule is COc1cccc(C(=O)N2CCCN(CC3CCCOC3)CC2)c1. The van der Waals surface area contributed by atoms with Crippen molar-refractivity contribution >= 4 is 5.91 Å². The van der Waals surface area contributed by atoms with Gasteiger partial charge in [0.05, 0.1) is 13.7 Å². The second kappa shape index (κ2) is 8.49. The fourth-order valence-electron chi connectivity index (χ4n) is 3.61. The zero-order valence-corrected chi connectivity index (χ0v) is 14.6. The third kappa shape index (κ3) is 4.48. The van der Waals surface area contributed by atoms with E-state index in [-0.39, 0.29) is 5.91 Å². The molecule has 0 aliphatic carbocycles. The van der Waals surface area contributed by atoms with Crippen LogP contribution >= 0.6 is 0 Å². The number of hydrogen-bond acceptors (Lipinski definition) is 4. The van der Waals surface area contributed by atoms with Crippen molar-refractivity contribution in [2.75, 3.05) is 53.0 Å². The van der Waals surface area contributed by atoms with E-state index < -0.39 is 0 Å². The van der Waals surface area contributed by atoms with E-state index in [9.17, 15) is 4.79 Å². The van der Waals surface area contributed by atoms with Crippen LogP contribution in [-0.2, 0) is 4.74 Å². The van der Waals surface area contributed by atoms with Crippen molar-refractivity contribution < 1.29 is 14.3 Å². The summed E-state index contributed by atoms with van der Waals surface area (Å²) in [5.41, 5.74) is 0.712. The maximum atomic E-state index is 12.7. The molecule has 2 fully saturated rings. The van der Waals surface area contributed by atoms with Crippen molar-refractivity contribution in [1.82, 2.24) is 9.80 Å². The van der Waals surface area contributed by atoms with E-state index in [0.29, 0.717) is 11.5 Å². The second-order valence-corrected chi connectivity index (χ2v) is 6.76. The van der Waals surface area contributed by atoms with Gasteiger partial charge in [0.2, 0.25) is 0 Å². The van der Waals surface area contributed by atoms with Crippen molar-refractivity contribution in [2.24, 2.45) is 5.92 Å². The molecule has 24 heavy (non-hydrogen) atoms. The molecule has 2 aliphatic heterocycles. The minimum Gasteiger partial charge on any atom is -0.497 e. The smallest absolute Gasteiger partial charge is 0.254 e. The molecule has 1 aromatic carbocycles. The van der Waals surface area contributed by atoms with Gasteiger partial charge in [0, 0.05) is 38.3 Å². The Hall–Kier alpha value is -1.59. The number of ether oxygens (including phenoxy) is 2. The number of amides is 1. The molecule has 1 atom stereocenters. The standard InChI is InChI=1S/C19H28N2O3/c1-23-18-7-2-6-17(13-18)19(22)21-9-4-8-20(10-11-21)14-16-5-3-12-24-15-16/h2,6-7,13,16H,3-5,8-12,14-15H2,1H3. The summed E-state index contributed by atoms with van der Waals surface area (Å²) in [7, 11) is 1.63. The summed E-state index contributed by atoms with van der Waals surface area (Å²) in [5.74, 6) is 1.49. The zero-order chi connectivity index (χ0) is 16.8. The summed E-state index contributed by atoms with van der Waals surface area (Å²) >= 11 is 0. The third-order valence-corrected chi connectivity index (χ3v) is 4.96. The first-order valence-electron chi connectivity index (χ1n) is 8.99. The second-order valence-electron chi connectivity index (χ2n) is 6.76. The first-order chi connectivity index (χ1) is 11.8. The molecule has 0 saturated carbocycles. The van der Waals surface area contributed by atoms with Crippen LogP contribution in [0, 0.1) is 5.92 Å². The molecule has 0 spiro atoms. The van der Waals surface area contributed by atoms with Crippen molar-refractivity contribution in [3.05, 3.63) is 29.8 Å². The lowest BCUT2D eigenvalue weighted by Crippen LogP contribution is -2.38. The van der Waals surface area contributed by atoms with E-state index >= 15 is 0 Å². The summed E-state index contributed by atoms with van der Waals surface area (Å²) in [6, 6.07) is 7.43. The number of nitrogens with zero attached hydrogens (tertiary/aromatic N) is 2. The van der Waals surface area contributed by atoms with Crippen molar-refractivity contribution in [3.8, 4) is 5.75 Å². The van der Waals surface area contributed by atoms with Crippen molar-refractivity contribution in [2.45, 2.75) is 19.3 Å². The fourth-order valence-corrected chi connectivity index (χ4v) is 3.61. The lowest BCUT2D eigenvalue weighted by atomic mass is 10.0. The van der Waals surface area contributed by atoms with Crippen LogP contribution < -0.4 is 4.74 Å². The predicted octanol–water partition coefficient (Wildman–Crippen LogP) is 2.27. The number of hydrogen-bond donors (Lipinski definition) is 0. The monoisotopic (exact) mass is 332 g/mol. The van der Waals surface area contributed by atoms with Crippen molar-refractivity contribution in [3.63, 3.8) is 0 Å². The van der Waals surface area contributed by atoms with Crippen LogP contribution in [0.1, 0.15) is 29.6 Å². The Morgan fingerprint density at radius 2 is 2.17 bits per heavy atom. The molecule has 1 amide bonds. The van der Waals surface area contributed by atoms with E-state index in [1.807, 2.05) is 29.2 Å². The van der Waals surface area contributed by atoms with E-state index in [1.165, 1.54) is 12.8 Å². The van der Waals surface area contributed by atoms with Crippen LogP contribution in [0.25, 0.3) is 0 Å². The molecule has 2 heterocycles. The molecule has 1 aromatic rings. The number of benzene rings is 1. The van der Waals surface area contributed by atoms with Gasteiger partial charge in [-0.1, -0.05) is 6.07 Å². The van der Waals surface area contributed by atoms with Gasteiger partial charge in [-0.15, -0.1) is 0 Å². The highest BCUT2D eigenvalue weighted by atomic mass is 16.5. The summed E-state index contributed by atoms with van der Waals surface area (Å²) in [6.07, 6.45) is 3.48. The fraction of sp³-hybridized carbons (Fsp3) is 0.632. The zero-order valence-electron chi connectivity index (χ0n) is 14.6. The molecule has 132 valence electrons. The highest BCUT2D eigenvalue weighted by Gasteiger charge is 2.23. The number of carbonyl (C=O) groups is 1. The predicted molar refractivity (Wildman–Crippen MR) is 93.5 cm³/mol. The number of rotatable bonds is 4. The Morgan fingerprint density at radius 1 is 1.25 bits per heavy atom.